The lowest BCUT2D eigenvalue weighted by Gasteiger charge is -2.26. The van der Waals surface area contributed by atoms with Crippen LogP contribution in [0.2, 0.25) is 0 Å². The average Bonchev–Trinajstić information content (AvgIpc) is 3.18. The van der Waals surface area contributed by atoms with E-state index in [0.29, 0.717) is 6.42 Å². The molecule has 2 heterocycles. The first-order valence-electron chi connectivity index (χ1n) is 15.6. The Morgan fingerprint density at radius 1 is 1.27 bits per heavy atom. The minimum atomic E-state index is -4.05. The maximum atomic E-state index is 16.0. The highest BCUT2D eigenvalue weighted by molar-refractivity contribution is 5.95. The molecule has 37 heavy (non-hydrogen) atoms. The number of ether oxygens (including phenoxy) is 2. The molecule has 1 fully saturated rings. The first kappa shape index (κ1) is 17.5. The van der Waals surface area contributed by atoms with Crippen molar-refractivity contribution in [1.82, 2.24) is 4.57 Å². The molecule has 1 saturated carbocycles. The van der Waals surface area contributed by atoms with Crippen molar-refractivity contribution >= 4 is 16.7 Å². The van der Waals surface area contributed by atoms with Gasteiger partial charge < -0.3 is 24.3 Å². The van der Waals surface area contributed by atoms with E-state index in [9.17, 15) is 23.8 Å². The third kappa shape index (κ3) is 4.48. The predicted molar refractivity (Wildman–Crippen MR) is 131 cm³/mol. The molecule has 3 aromatic rings. The minimum absolute atomic E-state index is 0.132. The summed E-state index contributed by atoms with van der Waals surface area (Å²) < 4.78 is 121. The van der Waals surface area contributed by atoms with E-state index in [4.69, 9.17) is 11.0 Å². The van der Waals surface area contributed by atoms with Crippen LogP contribution in [0, 0.1) is 5.82 Å². The summed E-state index contributed by atoms with van der Waals surface area (Å²) in [4.78, 5) is 13.9. The second-order valence-corrected chi connectivity index (χ2v) is 9.72. The van der Waals surface area contributed by atoms with E-state index in [-0.39, 0.29) is 28.2 Å². The Kier molecular flexibility index (Phi) is 4.14. The van der Waals surface area contributed by atoms with Gasteiger partial charge in [0.2, 0.25) is 0 Å². The Labute approximate surface area is 223 Å². The Balaban J connectivity index is 1.69. The number of carbonyl (C=O) groups excluding carboxylic acids is 1. The molecular weight excluding hydrogens is 487 g/mol. The zero-order valence-corrected chi connectivity index (χ0v) is 20.3. The Morgan fingerprint density at radius 2 is 1.97 bits per heavy atom. The number of fused-ring (bicyclic) bond motifs is 2. The summed E-state index contributed by atoms with van der Waals surface area (Å²) in [5.74, 6) is -3.67. The van der Waals surface area contributed by atoms with Crippen molar-refractivity contribution in [2.45, 2.75) is 76.1 Å². The van der Waals surface area contributed by atoms with Crippen LogP contribution < -0.4 is 9.47 Å². The molecule has 1 atom stereocenters. The molecule has 0 amide bonds. The van der Waals surface area contributed by atoms with Crippen molar-refractivity contribution in [3.05, 3.63) is 59.0 Å². The van der Waals surface area contributed by atoms with Crippen molar-refractivity contribution in [2.24, 2.45) is 0 Å². The molecule has 2 aliphatic rings. The van der Waals surface area contributed by atoms with Crippen LogP contribution in [0.5, 0.6) is 11.5 Å². The van der Waals surface area contributed by atoms with E-state index in [0.717, 1.165) is 22.8 Å². The molecular formula is C28H30F3NO5. The topological polar surface area (TPSA) is 80.9 Å². The van der Waals surface area contributed by atoms with Gasteiger partial charge in [-0.05, 0) is 60.6 Å². The number of alkyl halides is 2. The summed E-state index contributed by atoms with van der Waals surface area (Å²) >= 11 is 0. The number of carbonyl (C=O) groups is 1. The van der Waals surface area contributed by atoms with E-state index < -0.39 is 96.3 Å². The third-order valence-electron chi connectivity index (χ3n) is 6.80. The van der Waals surface area contributed by atoms with Crippen molar-refractivity contribution in [1.29, 1.82) is 0 Å². The maximum Gasteiger partial charge on any atom is 0.586 e. The Morgan fingerprint density at radius 3 is 2.62 bits per heavy atom. The summed E-state index contributed by atoms with van der Waals surface area (Å²) in [6, 6.07) is 0.862. The van der Waals surface area contributed by atoms with Gasteiger partial charge in [0.05, 0.1) is 35.6 Å². The van der Waals surface area contributed by atoms with Crippen LogP contribution in [-0.4, -0.2) is 39.5 Å². The molecule has 0 bridgehead atoms. The number of aliphatic hydroxyl groups excluding tert-OH is 1. The van der Waals surface area contributed by atoms with Crippen molar-refractivity contribution in [3.63, 3.8) is 0 Å². The minimum Gasteiger partial charge on any atom is -0.395 e. The molecule has 0 unspecified atom stereocenters. The molecule has 1 aliphatic carbocycles. The first-order valence-corrected chi connectivity index (χ1v) is 11.6. The van der Waals surface area contributed by atoms with Crippen LogP contribution in [0.1, 0.15) is 67.7 Å². The number of aliphatic hydroxyl groups is 2. The molecule has 2 aromatic carbocycles. The highest BCUT2D eigenvalue weighted by Gasteiger charge is 2.52. The van der Waals surface area contributed by atoms with Gasteiger partial charge in [-0.15, -0.1) is 8.78 Å². The van der Waals surface area contributed by atoms with Crippen LogP contribution in [-0.2, 0) is 28.6 Å². The van der Waals surface area contributed by atoms with Crippen LogP contribution in [0.25, 0.3) is 10.9 Å². The molecule has 0 spiro atoms. The molecule has 9 heteroatoms. The summed E-state index contributed by atoms with van der Waals surface area (Å²) in [5.41, 5.74) is -4.84. The van der Waals surface area contributed by atoms with E-state index in [1.807, 2.05) is 0 Å². The Hall–Kier alpha value is -3.04. The number of hydrogen-bond donors (Lipinski definition) is 2. The van der Waals surface area contributed by atoms with Crippen LogP contribution in [0.3, 0.4) is 0 Å². The van der Waals surface area contributed by atoms with Gasteiger partial charge in [-0.25, -0.2) is 4.39 Å². The standard InChI is InChI=1S/C28H30F3NO5/c1-4-26(2,3)24-10-17-9-16(20(29)13-21(17)32(24)14-19(34)15-33)11-25(35)27(7-8-27)18-5-6-22-23(12-18)37-28(30,31)36-22/h5-6,9-10,12-13,19,33-34H,4,7-8,11,14-15H2,1-3H3/t19-/m0/s1/i7D2,8D2,9D,10D,13D,19D. The maximum absolute atomic E-state index is 16.0. The molecule has 198 valence electrons. The number of Topliss-reactive ketones (excluding diaryl/α,β-unsaturated/α-hetero) is 1. The van der Waals surface area contributed by atoms with Gasteiger partial charge in [0.15, 0.2) is 11.5 Å². The smallest absolute Gasteiger partial charge is 0.395 e. The lowest BCUT2D eigenvalue weighted by Crippen LogP contribution is -2.26. The fraction of sp³-hybridized carbons (Fsp3) is 0.464. The second-order valence-electron chi connectivity index (χ2n) is 9.72. The van der Waals surface area contributed by atoms with Crippen molar-refractivity contribution < 1.29 is 48.6 Å². The molecule has 1 aliphatic heterocycles. The van der Waals surface area contributed by atoms with E-state index in [1.165, 1.54) is 0 Å². The summed E-state index contributed by atoms with van der Waals surface area (Å²) in [6.07, 6.45) is -13.1. The van der Waals surface area contributed by atoms with Gasteiger partial charge in [-0.1, -0.05) is 26.8 Å². The zero-order chi connectivity index (χ0) is 33.9. The SMILES string of the molecule is [2H]c1c(CC(=O)C2(c3ccc4c(c3)OC(F)(F)O4)C([2H])([2H])C2([2H])[2H])c(F)c([2H])c2c1c([2H])c(C(C)(C)CC)n2C[C@]([2H])(O)CO. The van der Waals surface area contributed by atoms with Crippen LogP contribution in [0.15, 0.2) is 36.3 Å². The summed E-state index contributed by atoms with van der Waals surface area (Å²) in [5, 5.41) is 19.6. The van der Waals surface area contributed by atoms with Gasteiger partial charge in [0.25, 0.3) is 0 Å². The fourth-order valence-corrected chi connectivity index (χ4v) is 4.29. The number of hydrogen-bond acceptors (Lipinski definition) is 5. The molecule has 6 nitrogen and oxygen atoms in total. The number of aromatic nitrogens is 1. The number of benzene rings is 2. The molecule has 0 saturated heterocycles. The molecule has 1 aromatic heterocycles. The summed E-state index contributed by atoms with van der Waals surface area (Å²) in [7, 11) is 0. The zero-order valence-electron chi connectivity index (χ0n) is 28.3. The largest absolute Gasteiger partial charge is 0.586 e. The quantitative estimate of drug-likeness (QED) is 0.412. The van der Waals surface area contributed by atoms with Gasteiger partial charge >= 0.3 is 6.29 Å². The molecule has 2 N–H and O–H groups in total. The third-order valence-corrected chi connectivity index (χ3v) is 6.80. The van der Waals surface area contributed by atoms with Crippen LogP contribution >= 0.6 is 0 Å². The first-order chi connectivity index (χ1) is 20.5. The number of rotatable bonds is 9. The number of halogens is 3. The lowest BCUT2D eigenvalue weighted by molar-refractivity contribution is -0.286. The Bertz CT molecular complexity index is 1740. The van der Waals surface area contributed by atoms with E-state index >= 15 is 4.39 Å². The average molecular weight is 526 g/mol. The normalized spacial score (nSPS) is 25.0. The highest BCUT2D eigenvalue weighted by Crippen LogP contribution is 2.52. The monoisotopic (exact) mass is 525 g/mol. The predicted octanol–water partition coefficient (Wildman–Crippen LogP) is 4.99. The summed E-state index contributed by atoms with van der Waals surface area (Å²) in [6.45, 7) is 3.49. The van der Waals surface area contributed by atoms with Gasteiger partial charge in [-0.2, -0.15) is 0 Å². The van der Waals surface area contributed by atoms with Gasteiger partial charge in [0, 0.05) is 28.4 Å². The van der Waals surface area contributed by atoms with Crippen molar-refractivity contribution in [2.75, 3.05) is 6.61 Å². The molecule has 0 radical (unpaired) electrons. The second kappa shape index (κ2) is 8.77. The van der Waals surface area contributed by atoms with Crippen LogP contribution in [0.4, 0.5) is 13.2 Å². The number of ketones is 1. The van der Waals surface area contributed by atoms with Gasteiger partial charge in [-0.3, -0.25) is 4.79 Å². The van der Waals surface area contributed by atoms with Gasteiger partial charge in [0.1, 0.15) is 11.6 Å². The number of nitrogens with zero attached hydrogens (tertiary/aromatic N) is 1. The van der Waals surface area contributed by atoms with E-state index in [2.05, 4.69) is 9.47 Å². The molecule has 5 rings (SSSR count). The van der Waals surface area contributed by atoms with E-state index in [1.54, 1.807) is 20.8 Å². The fourth-order valence-electron chi connectivity index (χ4n) is 4.29. The highest BCUT2D eigenvalue weighted by atomic mass is 19.3. The van der Waals surface area contributed by atoms with Crippen molar-refractivity contribution in [3.8, 4) is 11.5 Å². The lowest BCUT2D eigenvalue weighted by atomic mass is 9.86.